The lowest BCUT2D eigenvalue weighted by atomic mass is 9.85. The molecular weight excluding hydrogens is 470 g/mol. The van der Waals surface area contributed by atoms with Crippen molar-refractivity contribution in [3.63, 3.8) is 0 Å². The van der Waals surface area contributed by atoms with Gasteiger partial charge in [0.05, 0.1) is 22.2 Å². The van der Waals surface area contributed by atoms with Crippen LogP contribution in [0.2, 0.25) is 5.02 Å². The number of pyridine rings is 1. The van der Waals surface area contributed by atoms with Gasteiger partial charge in [0, 0.05) is 39.4 Å². The average molecular weight is 490 g/mol. The van der Waals surface area contributed by atoms with Crippen LogP contribution in [-0.4, -0.2) is 9.91 Å². The van der Waals surface area contributed by atoms with Crippen molar-refractivity contribution >= 4 is 46.0 Å². The summed E-state index contributed by atoms with van der Waals surface area (Å²) >= 11 is 6.20. The van der Waals surface area contributed by atoms with Crippen LogP contribution in [0.5, 0.6) is 0 Å². The zero-order chi connectivity index (χ0) is 24.6. The molecule has 5 aromatic rings. The predicted molar refractivity (Wildman–Crippen MR) is 146 cm³/mol. The van der Waals surface area contributed by atoms with Crippen LogP contribution >= 0.6 is 11.6 Å². The van der Waals surface area contributed by atoms with Crippen LogP contribution in [0.3, 0.4) is 0 Å². The maximum Gasteiger partial charge on any atom is 0.270 e. The van der Waals surface area contributed by atoms with E-state index in [0.717, 1.165) is 50.1 Å². The van der Waals surface area contributed by atoms with E-state index in [1.807, 2.05) is 72.8 Å². The van der Waals surface area contributed by atoms with Crippen LogP contribution in [0.25, 0.3) is 34.3 Å². The Hall–Kier alpha value is -4.48. The number of nitro benzene ring substituents is 1. The van der Waals surface area contributed by atoms with Gasteiger partial charge in [-0.15, -0.1) is 0 Å². The van der Waals surface area contributed by atoms with Crippen molar-refractivity contribution in [2.45, 2.75) is 6.04 Å². The van der Waals surface area contributed by atoms with Gasteiger partial charge in [-0.1, -0.05) is 84.4 Å². The topological polar surface area (TPSA) is 68.1 Å². The second-order valence-electron chi connectivity index (χ2n) is 8.66. The molecule has 1 aliphatic heterocycles. The van der Waals surface area contributed by atoms with Gasteiger partial charge in [-0.25, -0.2) is 4.98 Å². The number of nitrogens with one attached hydrogen (secondary N) is 1. The molecule has 0 radical (unpaired) electrons. The summed E-state index contributed by atoms with van der Waals surface area (Å²) in [4.78, 5) is 16.0. The van der Waals surface area contributed by atoms with Crippen molar-refractivity contribution in [3.05, 3.63) is 134 Å². The third kappa shape index (κ3) is 3.89. The van der Waals surface area contributed by atoms with E-state index in [2.05, 4.69) is 23.5 Å². The third-order valence-electron chi connectivity index (χ3n) is 6.47. The molecule has 174 valence electrons. The Kier molecular flexibility index (Phi) is 5.47. The number of nitro groups is 1. The first-order valence-electron chi connectivity index (χ1n) is 11.5. The fourth-order valence-electron chi connectivity index (χ4n) is 4.80. The molecule has 0 saturated carbocycles. The van der Waals surface area contributed by atoms with E-state index < -0.39 is 0 Å². The van der Waals surface area contributed by atoms with Crippen LogP contribution in [0.4, 0.5) is 11.4 Å². The van der Waals surface area contributed by atoms with Gasteiger partial charge < -0.3 is 5.32 Å². The Balaban J connectivity index is 1.62. The minimum Gasteiger partial charge on any atom is -0.373 e. The SMILES string of the molecule is O=[N+]([O-])c1cccc(/C=C/c2c3c(nc4ccccc24)-c2ccccc2N[C@H]3c2ccc(Cl)cc2)c1. The standard InChI is InChI=1S/C30H20ClN3O2/c31-21-15-13-20(14-16-21)29-28-24(17-12-19-6-5-7-22(18-19)34(35)36)23-8-1-3-10-26(23)33-30(28)25-9-2-4-11-27(25)32-29/h1-18,29,32H/b17-12+/t29-/m0/s1. The number of hydrogen-bond donors (Lipinski definition) is 1. The van der Waals surface area contributed by atoms with E-state index in [4.69, 9.17) is 16.6 Å². The van der Waals surface area contributed by atoms with Gasteiger partial charge in [0.1, 0.15) is 0 Å². The van der Waals surface area contributed by atoms with Gasteiger partial charge in [0.2, 0.25) is 0 Å². The molecule has 1 atom stereocenters. The van der Waals surface area contributed by atoms with Crippen molar-refractivity contribution in [1.82, 2.24) is 4.98 Å². The van der Waals surface area contributed by atoms with Gasteiger partial charge in [0.15, 0.2) is 0 Å². The Morgan fingerprint density at radius 1 is 0.889 bits per heavy atom. The largest absolute Gasteiger partial charge is 0.373 e. The second kappa shape index (κ2) is 8.95. The highest BCUT2D eigenvalue weighted by atomic mass is 35.5. The fourth-order valence-corrected chi connectivity index (χ4v) is 4.93. The molecule has 6 rings (SSSR count). The fraction of sp³-hybridized carbons (Fsp3) is 0.0333. The zero-order valence-electron chi connectivity index (χ0n) is 19.1. The Bertz CT molecular complexity index is 1660. The van der Waals surface area contributed by atoms with Gasteiger partial charge in [-0.3, -0.25) is 10.1 Å². The van der Waals surface area contributed by atoms with Crippen molar-refractivity contribution in [2.24, 2.45) is 0 Å². The molecule has 36 heavy (non-hydrogen) atoms. The summed E-state index contributed by atoms with van der Waals surface area (Å²) < 4.78 is 0. The molecule has 1 aromatic heterocycles. The molecular formula is C30H20ClN3O2. The number of para-hydroxylation sites is 2. The van der Waals surface area contributed by atoms with Gasteiger partial charge >= 0.3 is 0 Å². The van der Waals surface area contributed by atoms with E-state index in [1.165, 1.54) is 6.07 Å². The highest BCUT2D eigenvalue weighted by Gasteiger charge is 2.29. The number of anilines is 1. The molecule has 6 heteroatoms. The Labute approximate surface area is 212 Å². The summed E-state index contributed by atoms with van der Waals surface area (Å²) in [5, 5.41) is 16.7. The average Bonchev–Trinajstić information content (AvgIpc) is 2.91. The molecule has 0 saturated heterocycles. The van der Waals surface area contributed by atoms with Crippen LogP contribution in [-0.2, 0) is 0 Å². The van der Waals surface area contributed by atoms with E-state index in [1.54, 1.807) is 12.1 Å². The Morgan fingerprint density at radius 3 is 2.50 bits per heavy atom. The van der Waals surface area contributed by atoms with E-state index in [0.29, 0.717) is 5.02 Å². The zero-order valence-corrected chi connectivity index (χ0v) is 19.8. The monoisotopic (exact) mass is 489 g/mol. The number of benzene rings is 4. The molecule has 1 aliphatic rings. The predicted octanol–water partition coefficient (Wildman–Crippen LogP) is 8.15. The summed E-state index contributed by atoms with van der Waals surface area (Å²) in [6.07, 6.45) is 3.97. The number of nitrogens with zero attached hydrogens (tertiary/aromatic N) is 2. The minimum absolute atomic E-state index is 0.0633. The van der Waals surface area contributed by atoms with Crippen molar-refractivity contribution < 1.29 is 4.92 Å². The lowest BCUT2D eigenvalue weighted by Gasteiger charge is -2.31. The lowest BCUT2D eigenvalue weighted by Crippen LogP contribution is -2.20. The maximum atomic E-state index is 11.3. The lowest BCUT2D eigenvalue weighted by molar-refractivity contribution is -0.384. The molecule has 0 amide bonds. The van der Waals surface area contributed by atoms with Gasteiger partial charge in [-0.2, -0.15) is 0 Å². The minimum atomic E-state index is -0.377. The van der Waals surface area contributed by atoms with Crippen molar-refractivity contribution in [1.29, 1.82) is 0 Å². The summed E-state index contributed by atoms with van der Waals surface area (Å²) in [6, 6.07) is 30.6. The number of halogens is 1. The molecule has 5 nitrogen and oxygen atoms in total. The Morgan fingerprint density at radius 2 is 1.67 bits per heavy atom. The van der Waals surface area contributed by atoms with Crippen LogP contribution in [0.15, 0.2) is 97.1 Å². The number of rotatable bonds is 4. The molecule has 0 bridgehead atoms. The van der Waals surface area contributed by atoms with E-state index >= 15 is 0 Å². The van der Waals surface area contributed by atoms with Crippen LogP contribution in [0, 0.1) is 10.1 Å². The third-order valence-corrected chi connectivity index (χ3v) is 6.72. The molecule has 4 aromatic carbocycles. The maximum absolute atomic E-state index is 11.3. The summed E-state index contributed by atoms with van der Waals surface area (Å²) in [7, 11) is 0. The summed E-state index contributed by atoms with van der Waals surface area (Å²) in [5.74, 6) is 0. The second-order valence-corrected chi connectivity index (χ2v) is 9.10. The van der Waals surface area contributed by atoms with Crippen molar-refractivity contribution in [3.8, 4) is 11.3 Å². The summed E-state index contributed by atoms with van der Waals surface area (Å²) in [6.45, 7) is 0. The first-order chi connectivity index (χ1) is 17.6. The van der Waals surface area contributed by atoms with Gasteiger partial charge in [0.25, 0.3) is 5.69 Å². The molecule has 0 aliphatic carbocycles. The molecule has 0 spiro atoms. The van der Waals surface area contributed by atoms with Gasteiger partial charge in [-0.05, 0) is 41.0 Å². The highest BCUT2D eigenvalue weighted by molar-refractivity contribution is 6.30. The summed E-state index contributed by atoms with van der Waals surface area (Å²) in [5.41, 5.74) is 7.81. The molecule has 1 N–H and O–H groups in total. The molecule has 0 fully saturated rings. The van der Waals surface area contributed by atoms with Crippen molar-refractivity contribution in [2.75, 3.05) is 5.32 Å². The molecule has 2 heterocycles. The smallest absolute Gasteiger partial charge is 0.270 e. The van der Waals surface area contributed by atoms with Crippen LogP contribution in [0.1, 0.15) is 28.3 Å². The molecule has 0 unspecified atom stereocenters. The number of fused-ring (bicyclic) bond motifs is 4. The van der Waals surface area contributed by atoms with E-state index in [9.17, 15) is 10.1 Å². The number of aromatic nitrogens is 1. The number of non-ortho nitro benzene ring substituents is 1. The van der Waals surface area contributed by atoms with E-state index in [-0.39, 0.29) is 16.7 Å². The highest BCUT2D eigenvalue weighted by Crippen LogP contribution is 2.45. The quantitative estimate of drug-likeness (QED) is 0.204. The normalized spacial score (nSPS) is 14.3. The van der Waals surface area contributed by atoms with Crippen LogP contribution < -0.4 is 5.32 Å². The number of hydrogen-bond acceptors (Lipinski definition) is 4. The first-order valence-corrected chi connectivity index (χ1v) is 11.9. The first kappa shape index (κ1) is 22.0.